The fraction of sp³-hybridized carbons (Fsp3) is 0.917. The maximum atomic E-state index is 11.5. The molecule has 0 unspecified atom stereocenters. The molecule has 0 saturated heterocycles. The average Bonchev–Trinajstić information content (AvgIpc) is 2.22. The predicted molar refractivity (Wildman–Crippen MR) is 62.7 cm³/mol. The molecule has 0 heterocycles. The van der Waals surface area contributed by atoms with Gasteiger partial charge in [0, 0.05) is 19.5 Å². The zero-order valence-electron chi connectivity index (χ0n) is 10.0. The second-order valence-corrected chi connectivity index (χ2v) is 4.78. The highest BCUT2D eigenvalue weighted by molar-refractivity contribution is 5.76. The first kappa shape index (κ1) is 12.5. The molecule has 88 valence electrons. The first-order valence-electron chi connectivity index (χ1n) is 6.13. The molecule has 15 heavy (non-hydrogen) atoms. The third-order valence-corrected chi connectivity index (χ3v) is 3.31. The molecule has 1 saturated carbocycles. The van der Waals surface area contributed by atoms with Crippen LogP contribution in [0.5, 0.6) is 0 Å². The van der Waals surface area contributed by atoms with Crippen molar-refractivity contribution < 1.29 is 4.79 Å². The number of rotatable bonds is 5. The summed E-state index contributed by atoms with van der Waals surface area (Å²) < 4.78 is 0. The van der Waals surface area contributed by atoms with Crippen LogP contribution >= 0.6 is 0 Å². The van der Waals surface area contributed by atoms with Gasteiger partial charge in [0.05, 0.1) is 0 Å². The Balaban J connectivity index is 2.09. The van der Waals surface area contributed by atoms with Crippen LogP contribution in [0, 0.1) is 11.8 Å². The summed E-state index contributed by atoms with van der Waals surface area (Å²) in [7, 11) is 1.90. The van der Waals surface area contributed by atoms with Gasteiger partial charge in [0.2, 0.25) is 5.91 Å². The van der Waals surface area contributed by atoms with Crippen molar-refractivity contribution in [1.82, 2.24) is 10.6 Å². The number of carbonyl (C=O) groups excluding carboxylic acids is 1. The lowest BCUT2D eigenvalue weighted by molar-refractivity contribution is -0.122. The molecule has 1 rings (SSSR count). The Kier molecular flexibility index (Phi) is 5.69. The summed E-state index contributed by atoms with van der Waals surface area (Å²) in [6, 6.07) is 0. The zero-order chi connectivity index (χ0) is 11.1. The van der Waals surface area contributed by atoms with Crippen LogP contribution < -0.4 is 10.6 Å². The summed E-state index contributed by atoms with van der Waals surface area (Å²) in [6.45, 7) is 3.91. The Bertz CT molecular complexity index is 186. The van der Waals surface area contributed by atoms with E-state index in [-0.39, 0.29) is 5.91 Å². The predicted octanol–water partition coefficient (Wildman–Crippen LogP) is 1.54. The molecule has 0 aromatic rings. The second kappa shape index (κ2) is 6.83. The summed E-state index contributed by atoms with van der Waals surface area (Å²) in [6.07, 6.45) is 5.81. The van der Waals surface area contributed by atoms with Gasteiger partial charge in [0.1, 0.15) is 0 Å². The fourth-order valence-electron chi connectivity index (χ4n) is 2.19. The Labute approximate surface area is 93.0 Å². The van der Waals surface area contributed by atoms with Crippen molar-refractivity contribution >= 4 is 5.91 Å². The Morgan fingerprint density at radius 1 is 1.20 bits per heavy atom. The van der Waals surface area contributed by atoms with Gasteiger partial charge in [-0.15, -0.1) is 0 Å². The van der Waals surface area contributed by atoms with E-state index < -0.39 is 0 Å². The summed E-state index contributed by atoms with van der Waals surface area (Å²) in [5.74, 6) is 1.73. The van der Waals surface area contributed by atoms with Crippen molar-refractivity contribution in [1.29, 1.82) is 0 Å². The molecule has 0 bridgehead atoms. The van der Waals surface area contributed by atoms with Crippen LogP contribution in [0.1, 0.15) is 39.0 Å². The molecule has 1 amide bonds. The molecule has 1 aliphatic rings. The maximum Gasteiger partial charge on any atom is 0.220 e. The van der Waals surface area contributed by atoms with Gasteiger partial charge in [-0.1, -0.05) is 19.8 Å². The van der Waals surface area contributed by atoms with Crippen molar-refractivity contribution in [2.45, 2.75) is 39.0 Å². The second-order valence-electron chi connectivity index (χ2n) is 4.78. The van der Waals surface area contributed by atoms with E-state index in [1.54, 1.807) is 0 Å². The minimum absolute atomic E-state index is 0.227. The molecule has 1 fully saturated rings. The minimum atomic E-state index is 0.227. The minimum Gasteiger partial charge on any atom is -0.355 e. The van der Waals surface area contributed by atoms with Gasteiger partial charge >= 0.3 is 0 Å². The smallest absolute Gasteiger partial charge is 0.220 e. The van der Waals surface area contributed by atoms with Gasteiger partial charge < -0.3 is 10.6 Å². The SMILES string of the molecule is CNCCNC(=O)CC1CCC(C)CC1. The van der Waals surface area contributed by atoms with Crippen LogP contribution in [0.15, 0.2) is 0 Å². The molecule has 3 nitrogen and oxygen atoms in total. The quantitative estimate of drug-likeness (QED) is 0.679. The van der Waals surface area contributed by atoms with Gasteiger partial charge in [-0.2, -0.15) is 0 Å². The highest BCUT2D eigenvalue weighted by atomic mass is 16.1. The van der Waals surface area contributed by atoms with E-state index in [1.807, 2.05) is 7.05 Å². The maximum absolute atomic E-state index is 11.5. The van der Waals surface area contributed by atoms with Crippen LogP contribution in [0.2, 0.25) is 0 Å². The monoisotopic (exact) mass is 212 g/mol. The summed E-state index contributed by atoms with van der Waals surface area (Å²) in [4.78, 5) is 11.5. The van der Waals surface area contributed by atoms with Gasteiger partial charge in [0.25, 0.3) is 0 Å². The van der Waals surface area contributed by atoms with Gasteiger partial charge in [-0.3, -0.25) is 4.79 Å². The highest BCUT2D eigenvalue weighted by Gasteiger charge is 2.20. The van der Waals surface area contributed by atoms with Crippen molar-refractivity contribution in [2.24, 2.45) is 11.8 Å². The van der Waals surface area contributed by atoms with E-state index in [1.165, 1.54) is 25.7 Å². The summed E-state index contributed by atoms with van der Waals surface area (Å²) in [5.41, 5.74) is 0. The number of likely N-dealkylation sites (N-methyl/N-ethyl adjacent to an activating group) is 1. The first-order valence-corrected chi connectivity index (χ1v) is 6.13. The lowest BCUT2D eigenvalue weighted by Crippen LogP contribution is -2.32. The molecule has 0 radical (unpaired) electrons. The average molecular weight is 212 g/mol. The van der Waals surface area contributed by atoms with E-state index in [2.05, 4.69) is 17.6 Å². The zero-order valence-corrected chi connectivity index (χ0v) is 10.0. The molecule has 0 aromatic carbocycles. The third kappa shape index (κ3) is 5.17. The van der Waals surface area contributed by atoms with E-state index >= 15 is 0 Å². The largest absolute Gasteiger partial charge is 0.355 e. The first-order chi connectivity index (χ1) is 7.22. The van der Waals surface area contributed by atoms with Crippen molar-refractivity contribution in [3.63, 3.8) is 0 Å². The molecule has 0 atom stereocenters. The van der Waals surface area contributed by atoms with Crippen molar-refractivity contribution in [3.05, 3.63) is 0 Å². The van der Waals surface area contributed by atoms with Crippen molar-refractivity contribution in [3.8, 4) is 0 Å². The van der Waals surface area contributed by atoms with E-state index in [0.29, 0.717) is 5.92 Å². The summed E-state index contributed by atoms with van der Waals surface area (Å²) >= 11 is 0. The molecule has 0 aliphatic heterocycles. The lowest BCUT2D eigenvalue weighted by atomic mass is 9.81. The van der Waals surface area contributed by atoms with Crippen LogP contribution in [0.4, 0.5) is 0 Å². The molecular weight excluding hydrogens is 188 g/mol. The number of amides is 1. The number of hydrogen-bond donors (Lipinski definition) is 2. The number of nitrogens with one attached hydrogen (secondary N) is 2. The Morgan fingerprint density at radius 2 is 1.87 bits per heavy atom. The standard InChI is InChI=1S/C12H24N2O/c1-10-3-5-11(6-4-10)9-12(15)14-8-7-13-2/h10-11,13H,3-9H2,1-2H3,(H,14,15). The molecule has 0 aromatic heterocycles. The highest BCUT2D eigenvalue weighted by Crippen LogP contribution is 2.30. The van der Waals surface area contributed by atoms with E-state index in [9.17, 15) is 4.79 Å². The fourth-order valence-corrected chi connectivity index (χ4v) is 2.19. The molecular formula is C12H24N2O. The van der Waals surface area contributed by atoms with Gasteiger partial charge in [-0.05, 0) is 31.7 Å². The van der Waals surface area contributed by atoms with Gasteiger partial charge in [0.15, 0.2) is 0 Å². The van der Waals surface area contributed by atoms with E-state index in [4.69, 9.17) is 0 Å². The summed E-state index contributed by atoms with van der Waals surface area (Å²) in [5, 5.41) is 5.96. The molecule has 1 aliphatic carbocycles. The van der Waals surface area contributed by atoms with Crippen LogP contribution in [-0.4, -0.2) is 26.0 Å². The van der Waals surface area contributed by atoms with Crippen LogP contribution in [0.25, 0.3) is 0 Å². The van der Waals surface area contributed by atoms with Crippen molar-refractivity contribution in [2.75, 3.05) is 20.1 Å². The van der Waals surface area contributed by atoms with Crippen LogP contribution in [0.3, 0.4) is 0 Å². The Morgan fingerprint density at radius 3 is 2.47 bits per heavy atom. The topological polar surface area (TPSA) is 41.1 Å². The van der Waals surface area contributed by atoms with Gasteiger partial charge in [-0.25, -0.2) is 0 Å². The normalized spacial score (nSPS) is 26.3. The Hall–Kier alpha value is -0.570. The third-order valence-electron chi connectivity index (χ3n) is 3.31. The van der Waals surface area contributed by atoms with E-state index in [0.717, 1.165) is 25.4 Å². The number of carbonyl (C=O) groups is 1. The van der Waals surface area contributed by atoms with Crippen LogP contribution in [-0.2, 0) is 4.79 Å². The molecule has 2 N–H and O–H groups in total. The molecule has 3 heteroatoms. The number of hydrogen-bond acceptors (Lipinski definition) is 2. The lowest BCUT2D eigenvalue weighted by Gasteiger charge is -2.25. The molecule has 0 spiro atoms.